The van der Waals surface area contributed by atoms with Gasteiger partial charge in [0.05, 0.1) is 29.8 Å². The number of benzene rings is 2. The van der Waals surface area contributed by atoms with E-state index in [1.807, 2.05) is 19.2 Å². The summed E-state index contributed by atoms with van der Waals surface area (Å²) in [5.41, 5.74) is 4.17. The van der Waals surface area contributed by atoms with E-state index >= 15 is 0 Å². The zero-order valence-electron chi connectivity index (χ0n) is 15.2. The lowest BCUT2D eigenvalue weighted by molar-refractivity contribution is 0.287. The molecule has 0 unspecified atom stereocenters. The van der Waals surface area contributed by atoms with Gasteiger partial charge in [0.15, 0.2) is 0 Å². The molecule has 2 aromatic rings. The SMILES string of the molecule is C#CCN(C)[C@H](C)Cc1ccc(NCc2cc(C#N)cc(C#N)c2)cc1. The third-order valence-electron chi connectivity index (χ3n) is 4.33. The zero-order valence-corrected chi connectivity index (χ0v) is 15.2. The van der Waals surface area contributed by atoms with Crippen LogP contribution in [0.15, 0.2) is 42.5 Å². The average molecular weight is 342 g/mol. The molecule has 0 aliphatic carbocycles. The summed E-state index contributed by atoms with van der Waals surface area (Å²) in [6.07, 6.45) is 6.30. The van der Waals surface area contributed by atoms with Gasteiger partial charge in [-0.05, 0) is 61.9 Å². The highest BCUT2D eigenvalue weighted by atomic mass is 15.1. The van der Waals surface area contributed by atoms with E-state index in [1.165, 1.54) is 5.56 Å². The molecule has 0 radical (unpaired) electrons. The lowest BCUT2D eigenvalue weighted by atomic mass is 10.1. The summed E-state index contributed by atoms with van der Waals surface area (Å²) < 4.78 is 0. The number of terminal acetylenes is 1. The topological polar surface area (TPSA) is 62.9 Å². The number of anilines is 1. The Morgan fingerprint density at radius 3 is 2.19 bits per heavy atom. The molecular formula is C22H22N4. The molecule has 0 fully saturated rings. The van der Waals surface area contributed by atoms with Crippen molar-refractivity contribution in [2.75, 3.05) is 18.9 Å². The van der Waals surface area contributed by atoms with Crippen LogP contribution in [-0.2, 0) is 13.0 Å². The van der Waals surface area contributed by atoms with Gasteiger partial charge in [-0.15, -0.1) is 6.42 Å². The van der Waals surface area contributed by atoms with E-state index < -0.39 is 0 Å². The monoisotopic (exact) mass is 342 g/mol. The second-order valence-electron chi connectivity index (χ2n) is 6.37. The maximum Gasteiger partial charge on any atom is 0.0992 e. The fourth-order valence-electron chi connectivity index (χ4n) is 2.68. The minimum Gasteiger partial charge on any atom is -0.381 e. The van der Waals surface area contributed by atoms with Crippen LogP contribution in [0.4, 0.5) is 5.69 Å². The van der Waals surface area contributed by atoms with Gasteiger partial charge in [-0.2, -0.15) is 10.5 Å². The van der Waals surface area contributed by atoms with E-state index in [4.69, 9.17) is 16.9 Å². The third-order valence-corrected chi connectivity index (χ3v) is 4.33. The lowest BCUT2D eigenvalue weighted by Gasteiger charge is -2.22. The molecular weight excluding hydrogens is 320 g/mol. The highest BCUT2D eigenvalue weighted by molar-refractivity contribution is 5.47. The van der Waals surface area contributed by atoms with Gasteiger partial charge in [0, 0.05) is 18.3 Å². The standard InChI is InChI=1S/C22H22N4/c1-4-9-26(3)17(2)10-18-5-7-22(8-6-18)25-16-21-12-19(14-23)11-20(13-21)15-24/h1,5-8,11-13,17,25H,9-10,16H2,2-3H3/t17-/m1/s1. The minimum atomic E-state index is 0.378. The lowest BCUT2D eigenvalue weighted by Crippen LogP contribution is -2.31. The molecule has 0 saturated carbocycles. The molecule has 1 N–H and O–H groups in total. The zero-order chi connectivity index (χ0) is 18.9. The van der Waals surface area contributed by atoms with Gasteiger partial charge in [-0.3, -0.25) is 4.90 Å². The van der Waals surface area contributed by atoms with Crippen molar-refractivity contribution < 1.29 is 0 Å². The first-order chi connectivity index (χ1) is 12.5. The maximum absolute atomic E-state index is 9.05. The molecule has 1 atom stereocenters. The Kier molecular flexibility index (Phi) is 6.81. The van der Waals surface area contributed by atoms with Crippen LogP contribution >= 0.6 is 0 Å². The van der Waals surface area contributed by atoms with E-state index in [1.54, 1.807) is 18.2 Å². The predicted molar refractivity (Wildman–Crippen MR) is 104 cm³/mol. The van der Waals surface area contributed by atoms with Crippen molar-refractivity contribution in [2.45, 2.75) is 25.9 Å². The average Bonchev–Trinajstić information content (AvgIpc) is 2.67. The molecule has 0 aromatic heterocycles. The summed E-state index contributed by atoms with van der Waals surface area (Å²) >= 11 is 0. The molecule has 0 aliphatic rings. The van der Waals surface area contributed by atoms with Crippen LogP contribution in [0.1, 0.15) is 29.2 Å². The molecule has 0 spiro atoms. The van der Waals surface area contributed by atoms with Crippen LogP contribution < -0.4 is 5.32 Å². The van der Waals surface area contributed by atoms with Crippen LogP contribution in [0.25, 0.3) is 0 Å². The number of hydrogen-bond donors (Lipinski definition) is 1. The van der Waals surface area contributed by atoms with Gasteiger partial charge in [-0.25, -0.2) is 0 Å². The van der Waals surface area contributed by atoms with E-state index in [9.17, 15) is 0 Å². The molecule has 2 rings (SSSR count). The maximum atomic E-state index is 9.05. The molecule has 0 amide bonds. The van der Waals surface area contributed by atoms with Crippen LogP contribution in [0, 0.1) is 35.0 Å². The van der Waals surface area contributed by atoms with E-state index in [0.29, 0.717) is 30.3 Å². The highest BCUT2D eigenvalue weighted by Gasteiger charge is 2.08. The Labute approximate surface area is 155 Å². The minimum absolute atomic E-state index is 0.378. The number of nitriles is 2. The normalized spacial score (nSPS) is 11.2. The number of nitrogens with zero attached hydrogens (tertiary/aromatic N) is 3. The molecule has 4 heteroatoms. The van der Waals surface area contributed by atoms with Crippen LogP contribution in [0.2, 0.25) is 0 Å². The Morgan fingerprint density at radius 2 is 1.65 bits per heavy atom. The molecule has 4 nitrogen and oxygen atoms in total. The van der Waals surface area contributed by atoms with Gasteiger partial charge in [-0.1, -0.05) is 18.1 Å². The van der Waals surface area contributed by atoms with Gasteiger partial charge < -0.3 is 5.32 Å². The summed E-state index contributed by atoms with van der Waals surface area (Å²) in [4.78, 5) is 2.15. The second kappa shape index (κ2) is 9.28. The first kappa shape index (κ1) is 19.1. The van der Waals surface area contributed by atoms with E-state index in [2.05, 4.69) is 47.3 Å². The van der Waals surface area contributed by atoms with E-state index in [-0.39, 0.29) is 0 Å². The largest absolute Gasteiger partial charge is 0.381 e. The predicted octanol–water partition coefficient (Wildman–Crippen LogP) is 3.54. The Hall–Kier alpha value is -3.26. The van der Waals surface area contributed by atoms with Gasteiger partial charge >= 0.3 is 0 Å². The van der Waals surface area contributed by atoms with Crippen LogP contribution in [0.3, 0.4) is 0 Å². The number of likely N-dealkylation sites (N-methyl/N-ethyl adjacent to an activating group) is 1. The summed E-state index contributed by atoms with van der Waals surface area (Å²) in [5.74, 6) is 2.67. The molecule has 0 heterocycles. The first-order valence-corrected chi connectivity index (χ1v) is 8.46. The first-order valence-electron chi connectivity index (χ1n) is 8.46. The van der Waals surface area contributed by atoms with E-state index in [0.717, 1.165) is 17.7 Å². The van der Waals surface area contributed by atoms with Crippen molar-refractivity contribution in [1.82, 2.24) is 4.90 Å². The van der Waals surface area contributed by atoms with Gasteiger partial charge in [0.25, 0.3) is 0 Å². The molecule has 26 heavy (non-hydrogen) atoms. The van der Waals surface area contributed by atoms with Crippen molar-refractivity contribution in [3.63, 3.8) is 0 Å². The van der Waals surface area contributed by atoms with Crippen LogP contribution in [-0.4, -0.2) is 24.5 Å². The number of rotatable bonds is 7. The van der Waals surface area contributed by atoms with Crippen molar-refractivity contribution in [2.24, 2.45) is 0 Å². The van der Waals surface area contributed by atoms with Crippen molar-refractivity contribution in [3.8, 4) is 24.5 Å². The highest BCUT2D eigenvalue weighted by Crippen LogP contribution is 2.15. The third kappa shape index (κ3) is 5.38. The molecule has 130 valence electrons. The van der Waals surface area contributed by atoms with Crippen LogP contribution in [0.5, 0.6) is 0 Å². The Balaban J connectivity index is 1.97. The fourth-order valence-corrected chi connectivity index (χ4v) is 2.68. The smallest absolute Gasteiger partial charge is 0.0992 e. The Bertz CT molecular complexity index is 831. The molecule has 0 saturated heterocycles. The summed E-state index contributed by atoms with van der Waals surface area (Å²) in [7, 11) is 2.03. The Morgan fingerprint density at radius 1 is 1.04 bits per heavy atom. The van der Waals surface area contributed by atoms with Crippen molar-refractivity contribution in [3.05, 3.63) is 64.7 Å². The quantitative estimate of drug-likeness (QED) is 0.782. The summed E-state index contributed by atoms with van der Waals surface area (Å²) in [5, 5.41) is 21.4. The fraction of sp³-hybridized carbons (Fsp3) is 0.273. The second-order valence-corrected chi connectivity index (χ2v) is 6.37. The molecule has 0 bridgehead atoms. The summed E-state index contributed by atoms with van der Waals surface area (Å²) in [6.45, 7) is 3.37. The van der Waals surface area contributed by atoms with Crippen molar-refractivity contribution >= 4 is 5.69 Å². The number of hydrogen-bond acceptors (Lipinski definition) is 4. The van der Waals surface area contributed by atoms with Gasteiger partial charge in [0.2, 0.25) is 0 Å². The molecule has 0 aliphatic heterocycles. The van der Waals surface area contributed by atoms with Crippen molar-refractivity contribution in [1.29, 1.82) is 10.5 Å². The number of nitrogens with one attached hydrogen (secondary N) is 1. The molecule has 2 aromatic carbocycles. The van der Waals surface area contributed by atoms with Gasteiger partial charge in [0.1, 0.15) is 0 Å². The summed E-state index contributed by atoms with van der Waals surface area (Å²) in [6, 6.07) is 18.0.